The van der Waals surface area contributed by atoms with Gasteiger partial charge < -0.3 is 9.47 Å². The Morgan fingerprint density at radius 1 is 1.09 bits per heavy atom. The van der Waals surface area contributed by atoms with Crippen molar-refractivity contribution in [2.75, 3.05) is 13.2 Å². The first-order valence-electron chi connectivity index (χ1n) is 6.79. The summed E-state index contributed by atoms with van der Waals surface area (Å²) in [7, 11) is 0. The van der Waals surface area contributed by atoms with Crippen LogP contribution in [0.5, 0.6) is 5.75 Å². The van der Waals surface area contributed by atoms with Crippen molar-refractivity contribution in [1.29, 1.82) is 0 Å². The Kier molecular flexibility index (Phi) is 5.71. The fraction of sp³-hybridized carbons (Fsp3) is 0.176. The van der Waals surface area contributed by atoms with E-state index >= 15 is 0 Å². The van der Waals surface area contributed by atoms with E-state index in [-0.39, 0.29) is 12.2 Å². The van der Waals surface area contributed by atoms with Crippen LogP contribution >= 0.6 is 11.6 Å². The molecule has 6 heteroatoms. The molecule has 0 amide bonds. The Bertz CT molecular complexity index is 713. The monoisotopic (exact) mass is 336 g/mol. The normalized spacial score (nSPS) is 10.2. The van der Waals surface area contributed by atoms with Gasteiger partial charge in [0.1, 0.15) is 11.6 Å². The Labute approximate surface area is 137 Å². The van der Waals surface area contributed by atoms with Crippen LogP contribution in [0.3, 0.4) is 0 Å². The minimum atomic E-state index is -0.671. The summed E-state index contributed by atoms with van der Waals surface area (Å²) in [6.07, 6.45) is 0. The van der Waals surface area contributed by atoms with Crippen LogP contribution in [0.2, 0.25) is 5.02 Å². The van der Waals surface area contributed by atoms with Gasteiger partial charge in [0.2, 0.25) is 0 Å². The summed E-state index contributed by atoms with van der Waals surface area (Å²) < 4.78 is 22.9. The fourth-order valence-corrected chi connectivity index (χ4v) is 2.04. The van der Waals surface area contributed by atoms with E-state index in [4.69, 9.17) is 21.1 Å². The SMILES string of the molecule is Cc1cc(Cl)ccc1OCC(=O)OCC(=O)c1ccc(F)cc1. The number of hydrogen-bond donors (Lipinski definition) is 0. The van der Waals surface area contributed by atoms with Crippen molar-refractivity contribution in [3.05, 3.63) is 64.4 Å². The molecule has 2 aromatic carbocycles. The number of hydrogen-bond acceptors (Lipinski definition) is 4. The predicted molar refractivity (Wildman–Crippen MR) is 83.4 cm³/mol. The molecule has 0 aliphatic rings. The molecule has 0 spiro atoms. The van der Waals surface area contributed by atoms with E-state index in [0.29, 0.717) is 10.8 Å². The summed E-state index contributed by atoms with van der Waals surface area (Å²) in [6, 6.07) is 10.0. The summed E-state index contributed by atoms with van der Waals surface area (Å²) >= 11 is 5.82. The molecule has 0 radical (unpaired) electrons. The molecule has 4 nitrogen and oxygen atoms in total. The van der Waals surface area contributed by atoms with Crippen LogP contribution in [0, 0.1) is 12.7 Å². The standard InChI is InChI=1S/C17H14ClFO4/c1-11-8-13(18)4-7-16(11)22-10-17(21)23-9-15(20)12-2-5-14(19)6-3-12/h2-8H,9-10H2,1H3. The lowest BCUT2D eigenvalue weighted by atomic mass is 10.1. The van der Waals surface area contributed by atoms with Gasteiger partial charge in [0.05, 0.1) is 0 Å². The number of benzene rings is 2. The number of carbonyl (C=O) groups excluding carboxylic acids is 2. The molecular formula is C17H14ClFO4. The highest BCUT2D eigenvalue weighted by Crippen LogP contribution is 2.21. The van der Waals surface area contributed by atoms with E-state index in [9.17, 15) is 14.0 Å². The topological polar surface area (TPSA) is 52.6 Å². The number of esters is 1. The number of ketones is 1. The molecule has 0 fully saturated rings. The van der Waals surface area contributed by atoms with Crippen molar-refractivity contribution in [3.8, 4) is 5.75 Å². The Hall–Kier alpha value is -2.40. The molecule has 0 atom stereocenters. The van der Waals surface area contributed by atoms with Crippen LogP contribution in [-0.2, 0) is 9.53 Å². The Morgan fingerprint density at radius 2 is 1.78 bits per heavy atom. The van der Waals surface area contributed by atoms with E-state index in [1.165, 1.54) is 24.3 Å². The highest BCUT2D eigenvalue weighted by atomic mass is 35.5. The van der Waals surface area contributed by atoms with Crippen molar-refractivity contribution in [1.82, 2.24) is 0 Å². The number of ether oxygens (including phenoxy) is 2. The van der Waals surface area contributed by atoms with Gasteiger partial charge in [0, 0.05) is 10.6 Å². The first-order valence-corrected chi connectivity index (χ1v) is 7.17. The van der Waals surface area contributed by atoms with Crippen molar-refractivity contribution in [3.63, 3.8) is 0 Å². The van der Waals surface area contributed by atoms with Gasteiger partial charge in [0.25, 0.3) is 0 Å². The third-order valence-corrected chi connectivity index (χ3v) is 3.25. The lowest BCUT2D eigenvalue weighted by Gasteiger charge is -2.09. The molecule has 2 rings (SSSR count). The van der Waals surface area contributed by atoms with Crippen molar-refractivity contribution in [2.24, 2.45) is 0 Å². The first-order chi connectivity index (χ1) is 11.0. The van der Waals surface area contributed by atoms with Crippen LogP contribution in [0.1, 0.15) is 15.9 Å². The average Bonchev–Trinajstić information content (AvgIpc) is 2.52. The highest BCUT2D eigenvalue weighted by molar-refractivity contribution is 6.30. The van der Waals surface area contributed by atoms with Crippen molar-refractivity contribution < 1.29 is 23.5 Å². The van der Waals surface area contributed by atoms with E-state index < -0.39 is 24.2 Å². The van der Waals surface area contributed by atoms with E-state index in [1.807, 2.05) is 0 Å². The average molecular weight is 337 g/mol. The second-order valence-corrected chi connectivity index (χ2v) is 5.23. The molecule has 0 aliphatic carbocycles. The number of carbonyl (C=O) groups is 2. The fourth-order valence-electron chi connectivity index (χ4n) is 1.82. The summed E-state index contributed by atoms with van der Waals surface area (Å²) in [5.41, 5.74) is 1.06. The quantitative estimate of drug-likeness (QED) is 0.597. The van der Waals surface area contributed by atoms with Crippen molar-refractivity contribution in [2.45, 2.75) is 6.92 Å². The van der Waals surface area contributed by atoms with Crippen LogP contribution in [0.25, 0.3) is 0 Å². The lowest BCUT2D eigenvalue weighted by Crippen LogP contribution is -2.19. The zero-order chi connectivity index (χ0) is 16.8. The van der Waals surface area contributed by atoms with Crippen LogP contribution in [-0.4, -0.2) is 25.0 Å². The number of halogens is 2. The molecule has 0 heterocycles. The number of rotatable bonds is 6. The van der Waals surface area contributed by atoms with Gasteiger partial charge in [-0.05, 0) is 55.0 Å². The number of Topliss-reactive ketones (excluding diaryl/α,β-unsaturated/α-hetero) is 1. The van der Waals surface area contributed by atoms with Gasteiger partial charge in [-0.25, -0.2) is 9.18 Å². The van der Waals surface area contributed by atoms with Gasteiger partial charge >= 0.3 is 5.97 Å². The van der Waals surface area contributed by atoms with Crippen LogP contribution in [0.4, 0.5) is 4.39 Å². The maximum atomic E-state index is 12.8. The van der Waals surface area contributed by atoms with Crippen LogP contribution < -0.4 is 4.74 Å². The number of aryl methyl sites for hydroxylation is 1. The summed E-state index contributed by atoms with van der Waals surface area (Å²) in [5, 5.41) is 0.572. The zero-order valence-electron chi connectivity index (χ0n) is 12.3. The molecule has 0 unspecified atom stereocenters. The minimum absolute atomic E-state index is 0.272. The molecule has 0 saturated carbocycles. The Morgan fingerprint density at radius 3 is 2.43 bits per heavy atom. The summed E-state index contributed by atoms with van der Waals surface area (Å²) in [6.45, 7) is 1.05. The van der Waals surface area contributed by atoms with Gasteiger partial charge in [-0.3, -0.25) is 4.79 Å². The highest BCUT2D eigenvalue weighted by Gasteiger charge is 2.11. The maximum Gasteiger partial charge on any atom is 0.344 e. The summed E-state index contributed by atoms with van der Waals surface area (Å²) in [5.74, 6) is -1.02. The largest absolute Gasteiger partial charge is 0.482 e. The third kappa shape index (κ3) is 5.07. The lowest BCUT2D eigenvalue weighted by molar-refractivity contribution is -0.144. The van der Waals surface area contributed by atoms with Crippen LogP contribution in [0.15, 0.2) is 42.5 Å². The van der Waals surface area contributed by atoms with E-state index in [2.05, 4.69) is 0 Å². The maximum absolute atomic E-state index is 12.8. The third-order valence-electron chi connectivity index (χ3n) is 3.01. The van der Waals surface area contributed by atoms with Crippen molar-refractivity contribution >= 4 is 23.4 Å². The molecule has 2 aromatic rings. The zero-order valence-corrected chi connectivity index (χ0v) is 13.1. The van der Waals surface area contributed by atoms with Gasteiger partial charge in [-0.2, -0.15) is 0 Å². The van der Waals surface area contributed by atoms with Gasteiger partial charge in [-0.1, -0.05) is 11.6 Å². The molecule has 120 valence electrons. The molecule has 0 saturated heterocycles. The minimum Gasteiger partial charge on any atom is -0.482 e. The van der Waals surface area contributed by atoms with Gasteiger partial charge in [0.15, 0.2) is 19.0 Å². The van der Waals surface area contributed by atoms with Gasteiger partial charge in [-0.15, -0.1) is 0 Å². The van der Waals surface area contributed by atoms with E-state index in [1.54, 1.807) is 25.1 Å². The molecule has 0 N–H and O–H groups in total. The molecular weight excluding hydrogens is 323 g/mol. The second-order valence-electron chi connectivity index (χ2n) is 4.79. The molecule has 0 aromatic heterocycles. The predicted octanol–water partition coefficient (Wildman–Crippen LogP) is 3.59. The first kappa shape index (κ1) is 17.0. The van der Waals surface area contributed by atoms with E-state index in [0.717, 1.165) is 5.56 Å². The smallest absolute Gasteiger partial charge is 0.344 e. The molecule has 23 heavy (non-hydrogen) atoms. The second kappa shape index (κ2) is 7.74. The summed E-state index contributed by atoms with van der Waals surface area (Å²) in [4.78, 5) is 23.4. The Balaban J connectivity index is 1.81. The molecule has 0 bridgehead atoms. The molecule has 0 aliphatic heterocycles.